The van der Waals surface area contributed by atoms with Crippen LogP contribution in [0.4, 0.5) is 5.69 Å². The van der Waals surface area contributed by atoms with E-state index in [9.17, 15) is 9.59 Å². The van der Waals surface area contributed by atoms with Crippen molar-refractivity contribution in [2.75, 3.05) is 26.0 Å². The Balaban J connectivity index is 1.61. The standard InChI is InChI=1S/C19H23N3O2S/c1-21(2)19(24)14-5-3-6-15(11-14)20-18(23)13-22(16-8-9-16)12-17-7-4-10-25-17/h3-7,10-11,16H,8-9,12-13H2,1-2H3,(H,20,23). The minimum absolute atomic E-state index is 0.0436. The lowest BCUT2D eigenvalue weighted by Crippen LogP contribution is -2.34. The first-order valence-corrected chi connectivity index (χ1v) is 9.29. The van der Waals surface area contributed by atoms with Gasteiger partial charge in [-0.2, -0.15) is 0 Å². The Kier molecular flexibility index (Phi) is 5.50. The Hall–Kier alpha value is -2.18. The Bertz CT molecular complexity index is 739. The van der Waals surface area contributed by atoms with Crippen LogP contribution in [-0.2, 0) is 11.3 Å². The van der Waals surface area contributed by atoms with Crippen LogP contribution >= 0.6 is 11.3 Å². The van der Waals surface area contributed by atoms with Crippen LogP contribution in [0, 0.1) is 0 Å². The van der Waals surface area contributed by atoms with Crippen molar-refractivity contribution in [3.63, 3.8) is 0 Å². The maximum atomic E-state index is 12.5. The van der Waals surface area contributed by atoms with Gasteiger partial charge in [-0.1, -0.05) is 12.1 Å². The molecule has 1 aliphatic carbocycles. The topological polar surface area (TPSA) is 52.7 Å². The van der Waals surface area contributed by atoms with Crippen LogP contribution in [0.25, 0.3) is 0 Å². The van der Waals surface area contributed by atoms with Gasteiger partial charge in [0.25, 0.3) is 5.91 Å². The van der Waals surface area contributed by atoms with E-state index in [1.54, 1.807) is 43.6 Å². The molecule has 6 heteroatoms. The van der Waals surface area contributed by atoms with E-state index in [0.717, 1.165) is 19.4 Å². The molecule has 1 aromatic carbocycles. The fourth-order valence-corrected chi connectivity index (χ4v) is 3.46. The van der Waals surface area contributed by atoms with Crippen molar-refractivity contribution in [3.8, 4) is 0 Å². The Morgan fingerprint density at radius 2 is 2.00 bits per heavy atom. The van der Waals surface area contributed by atoms with Crippen LogP contribution in [0.1, 0.15) is 28.1 Å². The van der Waals surface area contributed by atoms with Crippen molar-refractivity contribution in [3.05, 3.63) is 52.2 Å². The summed E-state index contributed by atoms with van der Waals surface area (Å²) in [4.78, 5) is 29.5. The molecule has 0 saturated heterocycles. The highest BCUT2D eigenvalue weighted by atomic mass is 32.1. The lowest BCUT2D eigenvalue weighted by Gasteiger charge is -2.20. The summed E-state index contributed by atoms with van der Waals surface area (Å²) in [7, 11) is 3.43. The zero-order valence-corrected chi connectivity index (χ0v) is 15.4. The number of nitrogens with zero attached hydrogens (tertiary/aromatic N) is 2. The lowest BCUT2D eigenvalue weighted by atomic mass is 10.2. The van der Waals surface area contributed by atoms with E-state index >= 15 is 0 Å². The highest BCUT2D eigenvalue weighted by Gasteiger charge is 2.30. The summed E-state index contributed by atoms with van der Waals surface area (Å²) >= 11 is 1.72. The molecule has 0 bridgehead atoms. The third-order valence-corrected chi connectivity index (χ3v) is 5.01. The fourth-order valence-electron chi connectivity index (χ4n) is 2.73. The van der Waals surface area contributed by atoms with Gasteiger partial charge in [-0.05, 0) is 42.5 Å². The average molecular weight is 357 g/mol. The second-order valence-corrected chi connectivity index (χ2v) is 7.58. The van der Waals surface area contributed by atoms with E-state index in [2.05, 4.69) is 21.7 Å². The van der Waals surface area contributed by atoms with Crippen LogP contribution in [0.15, 0.2) is 41.8 Å². The van der Waals surface area contributed by atoms with E-state index in [4.69, 9.17) is 0 Å². The lowest BCUT2D eigenvalue weighted by molar-refractivity contribution is -0.117. The molecule has 0 unspecified atom stereocenters. The largest absolute Gasteiger partial charge is 0.345 e. The van der Waals surface area contributed by atoms with Crippen molar-refractivity contribution in [1.82, 2.24) is 9.80 Å². The van der Waals surface area contributed by atoms with Crippen LogP contribution < -0.4 is 5.32 Å². The molecule has 0 spiro atoms. The Morgan fingerprint density at radius 1 is 1.20 bits per heavy atom. The zero-order valence-electron chi connectivity index (χ0n) is 14.6. The van der Waals surface area contributed by atoms with Crippen molar-refractivity contribution < 1.29 is 9.59 Å². The van der Waals surface area contributed by atoms with Gasteiger partial charge >= 0.3 is 0 Å². The van der Waals surface area contributed by atoms with Gasteiger partial charge in [-0.3, -0.25) is 14.5 Å². The van der Waals surface area contributed by atoms with Gasteiger partial charge in [0.2, 0.25) is 5.91 Å². The maximum Gasteiger partial charge on any atom is 0.253 e. The maximum absolute atomic E-state index is 12.5. The highest BCUT2D eigenvalue weighted by Crippen LogP contribution is 2.29. The van der Waals surface area contributed by atoms with Crippen molar-refractivity contribution >= 4 is 28.8 Å². The Labute approximate surface area is 152 Å². The van der Waals surface area contributed by atoms with Crippen LogP contribution in [0.5, 0.6) is 0 Å². The number of carbonyl (C=O) groups is 2. The van der Waals surface area contributed by atoms with Crippen molar-refractivity contribution in [2.45, 2.75) is 25.4 Å². The monoisotopic (exact) mass is 357 g/mol. The molecule has 1 fully saturated rings. The molecule has 1 aliphatic rings. The minimum atomic E-state index is -0.0756. The summed E-state index contributed by atoms with van der Waals surface area (Å²) in [5, 5.41) is 4.98. The number of carbonyl (C=O) groups excluding carboxylic acids is 2. The van der Waals surface area contributed by atoms with Gasteiger partial charge < -0.3 is 10.2 Å². The summed E-state index contributed by atoms with van der Waals surface area (Å²) in [6, 6.07) is 11.7. The Morgan fingerprint density at radius 3 is 2.64 bits per heavy atom. The molecule has 132 valence electrons. The van der Waals surface area contributed by atoms with Gasteiger partial charge in [0.1, 0.15) is 0 Å². The van der Waals surface area contributed by atoms with Gasteiger partial charge in [0, 0.05) is 42.8 Å². The summed E-state index contributed by atoms with van der Waals surface area (Å²) in [5.41, 5.74) is 1.23. The average Bonchev–Trinajstić information content (AvgIpc) is 3.31. The van der Waals surface area contributed by atoms with Crippen molar-refractivity contribution in [2.24, 2.45) is 0 Å². The van der Waals surface area contributed by atoms with Crippen LogP contribution in [0.2, 0.25) is 0 Å². The first-order valence-electron chi connectivity index (χ1n) is 8.41. The number of hydrogen-bond donors (Lipinski definition) is 1. The second kappa shape index (κ2) is 7.80. The van der Waals surface area contributed by atoms with E-state index in [0.29, 0.717) is 23.8 Å². The SMILES string of the molecule is CN(C)C(=O)c1cccc(NC(=O)CN(Cc2cccs2)C2CC2)c1. The third-order valence-electron chi connectivity index (χ3n) is 4.15. The zero-order chi connectivity index (χ0) is 17.8. The minimum Gasteiger partial charge on any atom is -0.345 e. The van der Waals surface area contributed by atoms with Gasteiger partial charge in [-0.15, -0.1) is 11.3 Å². The number of benzene rings is 1. The van der Waals surface area contributed by atoms with E-state index in [1.165, 1.54) is 9.78 Å². The molecule has 5 nitrogen and oxygen atoms in total. The fraction of sp³-hybridized carbons (Fsp3) is 0.368. The van der Waals surface area contributed by atoms with Gasteiger partial charge in [-0.25, -0.2) is 0 Å². The van der Waals surface area contributed by atoms with E-state index in [-0.39, 0.29) is 11.8 Å². The number of rotatable bonds is 7. The molecular weight excluding hydrogens is 334 g/mol. The molecule has 1 heterocycles. The number of amides is 2. The summed E-state index contributed by atoms with van der Waals surface area (Å²) in [6.07, 6.45) is 2.32. The molecule has 1 saturated carbocycles. The molecule has 0 aliphatic heterocycles. The third kappa shape index (κ3) is 4.90. The number of thiophene rings is 1. The smallest absolute Gasteiger partial charge is 0.253 e. The van der Waals surface area contributed by atoms with E-state index in [1.807, 2.05) is 12.1 Å². The molecule has 1 aromatic heterocycles. The molecular formula is C19H23N3O2S. The molecule has 25 heavy (non-hydrogen) atoms. The molecule has 3 rings (SSSR count). The summed E-state index contributed by atoms with van der Waals surface area (Å²) < 4.78 is 0. The molecule has 1 N–H and O–H groups in total. The molecule has 2 amide bonds. The van der Waals surface area contributed by atoms with Gasteiger partial charge in [0.05, 0.1) is 6.54 Å². The second-order valence-electron chi connectivity index (χ2n) is 6.54. The number of nitrogens with one attached hydrogen (secondary N) is 1. The molecule has 2 aromatic rings. The highest BCUT2D eigenvalue weighted by molar-refractivity contribution is 7.09. The summed E-state index contributed by atoms with van der Waals surface area (Å²) in [5.74, 6) is -0.119. The first kappa shape index (κ1) is 17.6. The molecule has 0 radical (unpaired) electrons. The first-order chi connectivity index (χ1) is 12.0. The number of anilines is 1. The predicted octanol–water partition coefficient (Wildman–Crippen LogP) is 3.05. The summed E-state index contributed by atoms with van der Waals surface area (Å²) in [6.45, 7) is 1.18. The normalized spacial score (nSPS) is 13.7. The number of hydrogen-bond acceptors (Lipinski definition) is 4. The van der Waals surface area contributed by atoms with Gasteiger partial charge in [0.15, 0.2) is 0 Å². The quantitative estimate of drug-likeness (QED) is 0.829. The van der Waals surface area contributed by atoms with E-state index < -0.39 is 0 Å². The van der Waals surface area contributed by atoms with Crippen molar-refractivity contribution in [1.29, 1.82) is 0 Å². The molecule has 0 atom stereocenters. The van der Waals surface area contributed by atoms with Crippen LogP contribution in [0.3, 0.4) is 0 Å². The predicted molar refractivity (Wildman–Crippen MR) is 101 cm³/mol. The van der Waals surface area contributed by atoms with Crippen LogP contribution in [-0.4, -0.2) is 48.3 Å².